The van der Waals surface area contributed by atoms with Crippen molar-refractivity contribution in [2.45, 2.75) is 4.90 Å². The lowest BCUT2D eigenvalue weighted by Crippen LogP contribution is -2.12. The van der Waals surface area contributed by atoms with Crippen molar-refractivity contribution in [2.24, 2.45) is 5.14 Å². The Hall–Kier alpha value is -1.03. The summed E-state index contributed by atoms with van der Waals surface area (Å²) in [5, 5.41) is 8.61. The largest absolute Gasteiger partial charge is 0.397 e. The molecule has 8 heteroatoms. The number of hydrogen-bond acceptors (Lipinski definition) is 4. The van der Waals surface area contributed by atoms with Crippen molar-refractivity contribution in [1.29, 1.82) is 0 Å². The van der Waals surface area contributed by atoms with Gasteiger partial charge in [0.25, 0.3) is 0 Å². The Kier molecular flexibility index (Phi) is 4.43. The molecule has 20 heavy (non-hydrogen) atoms. The summed E-state index contributed by atoms with van der Waals surface area (Å²) in [7, 11) is -3.78. The van der Waals surface area contributed by atoms with Crippen molar-refractivity contribution in [3.8, 4) is 0 Å². The summed E-state index contributed by atoms with van der Waals surface area (Å²) in [6.07, 6.45) is 0. The smallest absolute Gasteiger partial charge is 0.238 e. The van der Waals surface area contributed by atoms with Gasteiger partial charge < -0.3 is 11.1 Å². The van der Waals surface area contributed by atoms with Gasteiger partial charge in [0.05, 0.1) is 27.0 Å². The van der Waals surface area contributed by atoms with Crippen LogP contribution in [-0.4, -0.2) is 8.42 Å². The summed E-state index contributed by atoms with van der Waals surface area (Å²) in [5.74, 6) is 0. The van der Waals surface area contributed by atoms with Crippen molar-refractivity contribution in [3.05, 3.63) is 45.0 Å². The Labute approximate surface area is 135 Å². The molecule has 0 saturated heterocycles. The fourth-order valence-electron chi connectivity index (χ4n) is 1.56. The van der Waals surface area contributed by atoms with Gasteiger partial charge in [0.1, 0.15) is 0 Å². The molecule has 0 saturated carbocycles. The van der Waals surface area contributed by atoms with E-state index < -0.39 is 10.0 Å². The van der Waals surface area contributed by atoms with Crippen LogP contribution < -0.4 is 16.2 Å². The Morgan fingerprint density at radius 2 is 1.80 bits per heavy atom. The van der Waals surface area contributed by atoms with E-state index in [0.717, 1.165) is 3.57 Å². The monoisotopic (exact) mass is 423 g/mol. The highest BCUT2D eigenvalue weighted by Gasteiger charge is 2.11. The number of halogens is 2. The van der Waals surface area contributed by atoms with E-state index >= 15 is 0 Å². The molecular weight excluding hydrogens is 413 g/mol. The number of anilines is 3. The van der Waals surface area contributed by atoms with Gasteiger partial charge in [0.15, 0.2) is 0 Å². The number of nitrogen functional groups attached to an aromatic ring is 1. The molecule has 106 valence electrons. The third-order valence-corrected chi connectivity index (χ3v) is 4.45. The minimum atomic E-state index is -3.78. The Balaban J connectivity index is 2.43. The zero-order chi connectivity index (χ0) is 14.9. The molecule has 0 radical (unpaired) electrons. The molecule has 0 aliphatic heterocycles. The van der Waals surface area contributed by atoms with Crippen molar-refractivity contribution >= 4 is 61.3 Å². The minimum absolute atomic E-state index is 0.0177. The highest BCUT2D eigenvalue weighted by Crippen LogP contribution is 2.30. The van der Waals surface area contributed by atoms with Crippen LogP contribution in [0.4, 0.5) is 17.1 Å². The zero-order valence-corrected chi connectivity index (χ0v) is 13.8. The summed E-state index contributed by atoms with van der Waals surface area (Å²) in [6, 6.07) is 9.64. The number of nitrogens with one attached hydrogen (secondary N) is 1. The molecule has 2 aromatic carbocycles. The first-order chi connectivity index (χ1) is 9.27. The van der Waals surface area contributed by atoms with E-state index in [1.165, 1.54) is 18.2 Å². The molecule has 0 heterocycles. The van der Waals surface area contributed by atoms with Crippen LogP contribution in [-0.2, 0) is 10.0 Å². The molecule has 0 amide bonds. The van der Waals surface area contributed by atoms with Crippen molar-refractivity contribution in [3.63, 3.8) is 0 Å². The van der Waals surface area contributed by atoms with Crippen LogP contribution in [0.5, 0.6) is 0 Å². The molecule has 0 spiro atoms. The van der Waals surface area contributed by atoms with Crippen molar-refractivity contribution < 1.29 is 8.42 Å². The van der Waals surface area contributed by atoms with Crippen LogP contribution in [0, 0.1) is 3.57 Å². The summed E-state index contributed by atoms with van der Waals surface area (Å²) in [6.45, 7) is 0. The van der Waals surface area contributed by atoms with Gasteiger partial charge in [-0.05, 0) is 59.0 Å². The van der Waals surface area contributed by atoms with Crippen LogP contribution in [0.2, 0.25) is 5.02 Å². The molecule has 2 rings (SSSR count). The lowest BCUT2D eigenvalue weighted by Gasteiger charge is -2.12. The van der Waals surface area contributed by atoms with E-state index in [2.05, 4.69) is 27.9 Å². The lowest BCUT2D eigenvalue weighted by atomic mass is 10.2. The topological polar surface area (TPSA) is 98.2 Å². The second-order valence-electron chi connectivity index (χ2n) is 4.04. The standard InChI is InChI=1S/C12H11ClIN3O2S/c13-9-5-7(14)1-4-11(9)17-12-6-8(20(16,18)19)2-3-10(12)15/h1-6,17H,15H2,(H2,16,18,19). The van der Waals surface area contributed by atoms with E-state index in [1.54, 1.807) is 12.1 Å². The molecule has 2 aromatic rings. The number of primary sulfonamides is 1. The molecule has 5 nitrogen and oxygen atoms in total. The lowest BCUT2D eigenvalue weighted by molar-refractivity contribution is 0.598. The zero-order valence-electron chi connectivity index (χ0n) is 10.1. The highest BCUT2D eigenvalue weighted by molar-refractivity contribution is 14.1. The van der Waals surface area contributed by atoms with Gasteiger partial charge in [0, 0.05) is 3.57 Å². The Morgan fingerprint density at radius 1 is 1.10 bits per heavy atom. The minimum Gasteiger partial charge on any atom is -0.397 e. The predicted molar refractivity (Wildman–Crippen MR) is 89.7 cm³/mol. The number of hydrogen-bond donors (Lipinski definition) is 3. The SMILES string of the molecule is Nc1ccc(S(N)(=O)=O)cc1Nc1ccc(I)cc1Cl. The molecule has 0 aliphatic carbocycles. The molecule has 0 unspecified atom stereocenters. The Bertz CT molecular complexity index is 765. The van der Waals surface area contributed by atoms with Crippen LogP contribution in [0.25, 0.3) is 0 Å². The molecule has 0 atom stereocenters. The fourth-order valence-corrected chi connectivity index (χ4v) is 3.00. The second kappa shape index (κ2) is 5.76. The van der Waals surface area contributed by atoms with E-state index in [1.807, 2.05) is 6.07 Å². The van der Waals surface area contributed by atoms with Gasteiger partial charge in [-0.1, -0.05) is 11.6 Å². The van der Waals surface area contributed by atoms with Crippen molar-refractivity contribution in [2.75, 3.05) is 11.1 Å². The number of benzene rings is 2. The second-order valence-corrected chi connectivity index (χ2v) is 7.26. The van der Waals surface area contributed by atoms with E-state index in [-0.39, 0.29) is 4.90 Å². The maximum Gasteiger partial charge on any atom is 0.238 e. The average Bonchev–Trinajstić information content (AvgIpc) is 2.33. The maximum atomic E-state index is 11.3. The van der Waals surface area contributed by atoms with Gasteiger partial charge in [-0.25, -0.2) is 13.6 Å². The molecule has 0 aliphatic rings. The van der Waals surface area contributed by atoms with E-state index in [4.69, 9.17) is 22.5 Å². The van der Waals surface area contributed by atoms with Gasteiger partial charge >= 0.3 is 0 Å². The van der Waals surface area contributed by atoms with Gasteiger partial charge in [-0.3, -0.25) is 0 Å². The van der Waals surface area contributed by atoms with Crippen molar-refractivity contribution in [1.82, 2.24) is 0 Å². The molecule has 0 aromatic heterocycles. The molecule has 0 bridgehead atoms. The summed E-state index contributed by atoms with van der Waals surface area (Å²) < 4.78 is 23.7. The fraction of sp³-hybridized carbons (Fsp3) is 0. The van der Waals surface area contributed by atoms with Gasteiger partial charge in [-0.15, -0.1) is 0 Å². The van der Waals surface area contributed by atoms with Crippen LogP contribution in [0.3, 0.4) is 0 Å². The Morgan fingerprint density at radius 3 is 2.40 bits per heavy atom. The number of sulfonamides is 1. The van der Waals surface area contributed by atoms with E-state index in [9.17, 15) is 8.42 Å². The van der Waals surface area contributed by atoms with Gasteiger partial charge in [0.2, 0.25) is 10.0 Å². The first-order valence-electron chi connectivity index (χ1n) is 5.42. The summed E-state index contributed by atoms with van der Waals surface area (Å²) >= 11 is 8.25. The molecule has 5 N–H and O–H groups in total. The summed E-state index contributed by atoms with van der Waals surface area (Å²) in [5.41, 5.74) is 7.27. The average molecular weight is 424 g/mol. The van der Waals surface area contributed by atoms with Crippen LogP contribution in [0.15, 0.2) is 41.3 Å². The number of rotatable bonds is 3. The summed E-state index contributed by atoms with van der Waals surface area (Å²) in [4.78, 5) is -0.0177. The van der Waals surface area contributed by atoms with Crippen LogP contribution in [0.1, 0.15) is 0 Å². The molecular formula is C12H11ClIN3O2S. The predicted octanol–water partition coefficient (Wildman–Crippen LogP) is 2.92. The maximum absolute atomic E-state index is 11.3. The molecule has 0 fully saturated rings. The third-order valence-electron chi connectivity index (χ3n) is 2.55. The van der Waals surface area contributed by atoms with Crippen LogP contribution >= 0.6 is 34.2 Å². The normalized spacial score (nSPS) is 11.3. The van der Waals surface area contributed by atoms with E-state index in [0.29, 0.717) is 22.1 Å². The number of nitrogens with two attached hydrogens (primary N) is 2. The highest BCUT2D eigenvalue weighted by atomic mass is 127. The first kappa shape index (κ1) is 15.4. The quantitative estimate of drug-likeness (QED) is 0.522. The van der Waals surface area contributed by atoms with Gasteiger partial charge in [-0.2, -0.15) is 0 Å². The first-order valence-corrected chi connectivity index (χ1v) is 8.42. The third kappa shape index (κ3) is 3.54.